The summed E-state index contributed by atoms with van der Waals surface area (Å²) in [7, 11) is 0. The maximum Gasteiger partial charge on any atom is 0.290 e. The SMILES string of the molecule is O=CO.c1ccc([C@@H]2CN(Cc3cnc(N4CCCCC4)nc3)C[C@H](C3CC3)O2)cc1. The van der Waals surface area contributed by atoms with Crippen molar-refractivity contribution in [2.75, 3.05) is 31.1 Å². The van der Waals surface area contributed by atoms with Gasteiger partial charge in [0.05, 0.1) is 12.2 Å². The highest BCUT2D eigenvalue weighted by atomic mass is 16.5. The van der Waals surface area contributed by atoms with Crippen LogP contribution in [0.5, 0.6) is 0 Å². The van der Waals surface area contributed by atoms with Crippen LogP contribution in [0.2, 0.25) is 0 Å². The summed E-state index contributed by atoms with van der Waals surface area (Å²) in [6.07, 6.45) is 11.0. The number of carboxylic acid groups (broad SMARTS) is 1. The third kappa shape index (κ3) is 6.02. The van der Waals surface area contributed by atoms with Gasteiger partial charge in [-0.15, -0.1) is 0 Å². The van der Waals surface area contributed by atoms with Gasteiger partial charge in [0, 0.05) is 50.7 Å². The minimum Gasteiger partial charge on any atom is -0.483 e. The van der Waals surface area contributed by atoms with E-state index in [1.165, 1.54) is 43.2 Å². The first-order valence-corrected chi connectivity index (χ1v) is 11.3. The Labute approximate surface area is 184 Å². The second kappa shape index (κ2) is 10.7. The largest absolute Gasteiger partial charge is 0.483 e. The van der Waals surface area contributed by atoms with E-state index in [2.05, 4.69) is 50.1 Å². The fourth-order valence-electron chi connectivity index (χ4n) is 4.51. The van der Waals surface area contributed by atoms with E-state index in [9.17, 15) is 0 Å². The number of carbonyl (C=O) groups is 1. The lowest BCUT2D eigenvalue weighted by Crippen LogP contribution is -2.44. The van der Waals surface area contributed by atoms with Crippen LogP contribution in [0, 0.1) is 5.92 Å². The summed E-state index contributed by atoms with van der Waals surface area (Å²) >= 11 is 0. The molecule has 2 atom stereocenters. The number of nitrogens with zero attached hydrogens (tertiary/aromatic N) is 4. The lowest BCUT2D eigenvalue weighted by Gasteiger charge is -2.38. The van der Waals surface area contributed by atoms with Crippen LogP contribution < -0.4 is 4.90 Å². The number of hydrogen-bond donors (Lipinski definition) is 1. The summed E-state index contributed by atoms with van der Waals surface area (Å²) in [4.78, 5) is 22.5. The molecule has 3 aliphatic rings. The minimum absolute atomic E-state index is 0.161. The number of morpholine rings is 1. The Morgan fingerprint density at radius 1 is 1.03 bits per heavy atom. The number of aromatic nitrogens is 2. The van der Waals surface area contributed by atoms with Crippen molar-refractivity contribution in [2.24, 2.45) is 5.92 Å². The average Bonchev–Trinajstić information content (AvgIpc) is 3.67. The number of piperidine rings is 1. The molecule has 1 aliphatic carbocycles. The highest BCUT2D eigenvalue weighted by Gasteiger charge is 2.38. The third-order valence-electron chi connectivity index (χ3n) is 6.26. The molecule has 0 spiro atoms. The molecule has 2 aromatic rings. The zero-order valence-corrected chi connectivity index (χ0v) is 18.0. The Balaban J connectivity index is 0.000000730. The molecule has 0 bridgehead atoms. The van der Waals surface area contributed by atoms with Gasteiger partial charge in [0.2, 0.25) is 5.95 Å². The molecule has 1 aromatic carbocycles. The molecule has 31 heavy (non-hydrogen) atoms. The Hall–Kier alpha value is -2.51. The van der Waals surface area contributed by atoms with Crippen LogP contribution in [0.4, 0.5) is 5.95 Å². The van der Waals surface area contributed by atoms with Crippen LogP contribution in [0.1, 0.15) is 49.3 Å². The van der Waals surface area contributed by atoms with Gasteiger partial charge in [-0.1, -0.05) is 30.3 Å². The molecule has 7 heteroatoms. The van der Waals surface area contributed by atoms with Gasteiger partial charge >= 0.3 is 0 Å². The van der Waals surface area contributed by atoms with Crippen LogP contribution in [-0.4, -0.2) is 58.7 Å². The summed E-state index contributed by atoms with van der Waals surface area (Å²) in [5, 5.41) is 6.89. The predicted octanol–water partition coefficient (Wildman–Crippen LogP) is 3.52. The summed E-state index contributed by atoms with van der Waals surface area (Å²) in [5.74, 6) is 1.63. The molecule has 1 aromatic heterocycles. The van der Waals surface area contributed by atoms with Crippen molar-refractivity contribution in [1.29, 1.82) is 0 Å². The second-order valence-electron chi connectivity index (χ2n) is 8.65. The molecule has 0 radical (unpaired) electrons. The highest BCUT2D eigenvalue weighted by molar-refractivity contribution is 5.32. The highest BCUT2D eigenvalue weighted by Crippen LogP contribution is 2.39. The number of hydrogen-bond acceptors (Lipinski definition) is 6. The fourth-order valence-corrected chi connectivity index (χ4v) is 4.51. The van der Waals surface area contributed by atoms with E-state index in [4.69, 9.17) is 14.6 Å². The number of ether oxygens (including phenoxy) is 1. The normalized spacial score (nSPS) is 24.2. The molecule has 0 amide bonds. The lowest BCUT2D eigenvalue weighted by atomic mass is 10.0. The van der Waals surface area contributed by atoms with E-state index in [0.717, 1.165) is 44.6 Å². The first kappa shape index (κ1) is 21.7. The maximum atomic E-state index is 8.36. The van der Waals surface area contributed by atoms with Crippen molar-refractivity contribution in [2.45, 2.75) is 50.9 Å². The molecule has 3 heterocycles. The standard InChI is InChI=1S/C23H30N4O.CH2O2/c1-3-7-19(8-4-1)21-16-26(17-22(28-21)20-9-10-20)15-18-13-24-23(25-14-18)27-11-5-2-6-12-27;2-1-3/h1,3-4,7-8,13-14,20-22H,2,5-6,9-12,15-17H2;1H,(H,2,3)/t21-,22+;/m0./s1. The van der Waals surface area contributed by atoms with Gasteiger partial charge in [-0.2, -0.15) is 0 Å². The fraction of sp³-hybridized carbons (Fsp3) is 0.542. The number of benzene rings is 1. The van der Waals surface area contributed by atoms with E-state index < -0.39 is 0 Å². The van der Waals surface area contributed by atoms with Crippen molar-refractivity contribution < 1.29 is 14.6 Å². The van der Waals surface area contributed by atoms with Crippen LogP contribution in [-0.2, 0) is 16.1 Å². The van der Waals surface area contributed by atoms with E-state index in [-0.39, 0.29) is 12.6 Å². The molecule has 166 valence electrons. The van der Waals surface area contributed by atoms with Gasteiger partial charge in [0.1, 0.15) is 0 Å². The monoisotopic (exact) mass is 424 g/mol. The Kier molecular flexibility index (Phi) is 7.48. The van der Waals surface area contributed by atoms with Crippen molar-refractivity contribution in [3.63, 3.8) is 0 Å². The van der Waals surface area contributed by atoms with Gasteiger partial charge in [-0.05, 0) is 43.6 Å². The Bertz CT molecular complexity index is 807. The molecule has 0 unspecified atom stereocenters. The predicted molar refractivity (Wildman–Crippen MR) is 119 cm³/mol. The van der Waals surface area contributed by atoms with Gasteiger partial charge < -0.3 is 14.7 Å². The van der Waals surface area contributed by atoms with Crippen LogP contribution in [0.25, 0.3) is 0 Å². The van der Waals surface area contributed by atoms with Crippen LogP contribution in [0.3, 0.4) is 0 Å². The van der Waals surface area contributed by atoms with Crippen molar-refractivity contribution in [3.8, 4) is 0 Å². The summed E-state index contributed by atoms with van der Waals surface area (Å²) < 4.78 is 6.48. The molecular weight excluding hydrogens is 392 g/mol. The summed E-state index contributed by atoms with van der Waals surface area (Å²) in [5.41, 5.74) is 2.48. The molecule has 2 aliphatic heterocycles. The van der Waals surface area contributed by atoms with Gasteiger partial charge in [0.15, 0.2) is 0 Å². The lowest BCUT2D eigenvalue weighted by molar-refractivity contribution is -0.122. The van der Waals surface area contributed by atoms with Crippen molar-refractivity contribution in [3.05, 3.63) is 53.9 Å². The molecule has 3 fully saturated rings. The topological polar surface area (TPSA) is 78.8 Å². The smallest absolute Gasteiger partial charge is 0.290 e. The quantitative estimate of drug-likeness (QED) is 0.736. The first-order chi connectivity index (χ1) is 15.3. The molecular formula is C24H32N4O3. The van der Waals surface area contributed by atoms with Crippen molar-refractivity contribution in [1.82, 2.24) is 14.9 Å². The van der Waals surface area contributed by atoms with Crippen LogP contribution >= 0.6 is 0 Å². The zero-order chi connectivity index (χ0) is 21.5. The third-order valence-corrected chi connectivity index (χ3v) is 6.26. The Morgan fingerprint density at radius 3 is 2.35 bits per heavy atom. The summed E-state index contributed by atoms with van der Waals surface area (Å²) in [6, 6.07) is 10.7. The molecule has 1 N–H and O–H groups in total. The van der Waals surface area contributed by atoms with Crippen molar-refractivity contribution >= 4 is 12.4 Å². The van der Waals surface area contributed by atoms with E-state index in [1.54, 1.807) is 0 Å². The zero-order valence-electron chi connectivity index (χ0n) is 18.0. The first-order valence-electron chi connectivity index (χ1n) is 11.3. The Morgan fingerprint density at radius 2 is 1.71 bits per heavy atom. The number of anilines is 1. The van der Waals surface area contributed by atoms with Gasteiger partial charge in [0.25, 0.3) is 6.47 Å². The molecule has 7 nitrogen and oxygen atoms in total. The summed E-state index contributed by atoms with van der Waals surface area (Å²) in [6.45, 7) is 4.77. The van der Waals surface area contributed by atoms with E-state index >= 15 is 0 Å². The average molecular weight is 425 g/mol. The van der Waals surface area contributed by atoms with E-state index in [0.29, 0.717) is 6.10 Å². The molecule has 5 rings (SSSR count). The van der Waals surface area contributed by atoms with Gasteiger partial charge in [-0.25, -0.2) is 9.97 Å². The molecule has 2 saturated heterocycles. The second-order valence-corrected chi connectivity index (χ2v) is 8.65. The van der Waals surface area contributed by atoms with Crippen LogP contribution in [0.15, 0.2) is 42.7 Å². The maximum absolute atomic E-state index is 8.36. The van der Waals surface area contributed by atoms with E-state index in [1.807, 2.05) is 12.4 Å². The number of rotatable bonds is 5. The van der Waals surface area contributed by atoms with Gasteiger partial charge in [-0.3, -0.25) is 9.69 Å². The minimum atomic E-state index is -0.250. The molecule has 1 saturated carbocycles.